The van der Waals surface area contributed by atoms with E-state index in [0.29, 0.717) is 23.2 Å². The Morgan fingerprint density at radius 2 is 1.59 bits per heavy atom. The highest BCUT2D eigenvalue weighted by Gasteiger charge is 2.30. The Bertz CT molecular complexity index is 944. The largest absolute Gasteiger partial charge is 0.497 e. The maximum atomic E-state index is 12.9. The first kappa shape index (κ1) is 18.5. The van der Waals surface area contributed by atoms with Gasteiger partial charge in [0.1, 0.15) is 11.6 Å². The minimum Gasteiger partial charge on any atom is -0.497 e. The van der Waals surface area contributed by atoms with Gasteiger partial charge in [-0.25, -0.2) is 4.98 Å². The number of ether oxygens (including phenoxy) is 1. The summed E-state index contributed by atoms with van der Waals surface area (Å²) in [7, 11) is 1.57. The zero-order valence-corrected chi connectivity index (χ0v) is 14.6. The lowest BCUT2D eigenvalue weighted by Gasteiger charge is -2.12. The van der Waals surface area contributed by atoms with Crippen molar-refractivity contribution in [1.29, 1.82) is 0 Å². The third-order valence-corrected chi connectivity index (χ3v) is 3.64. The van der Waals surface area contributed by atoms with Crippen molar-refractivity contribution in [1.82, 2.24) is 9.97 Å². The van der Waals surface area contributed by atoms with Gasteiger partial charge in [-0.1, -0.05) is 12.1 Å². The molecule has 5 nitrogen and oxygen atoms in total. The molecule has 0 fully saturated rings. The predicted octanol–water partition coefficient (Wildman–Crippen LogP) is 5.30. The van der Waals surface area contributed by atoms with Crippen molar-refractivity contribution in [3.63, 3.8) is 0 Å². The average molecular weight is 374 g/mol. The van der Waals surface area contributed by atoms with Gasteiger partial charge in [0.05, 0.1) is 12.7 Å². The highest BCUT2D eigenvalue weighted by molar-refractivity contribution is 5.61. The molecule has 0 atom stereocenters. The smallest absolute Gasteiger partial charge is 0.416 e. The van der Waals surface area contributed by atoms with E-state index in [9.17, 15) is 13.2 Å². The van der Waals surface area contributed by atoms with Gasteiger partial charge in [0, 0.05) is 29.2 Å². The van der Waals surface area contributed by atoms with Crippen LogP contribution in [0, 0.1) is 6.92 Å². The fourth-order valence-corrected chi connectivity index (χ4v) is 2.44. The third kappa shape index (κ3) is 4.87. The van der Waals surface area contributed by atoms with E-state index in [-0.39, 0.29) is 5.69 Å². The fraction of sp³-hybridized carbons (Fsp3) is 0.158. The molecule has 2 N–H and O–H groups in total. The van der Waals surface area contributed by atoms with Gasteiger partial charge in [-0.05, 0) is 37.3 Å². The second-order valence-corrected chi connectivity index (χ2v) is 5.78. The van der Waals surface area contributed by atoms with Gasteiger partial charge in [-0.2, -0.15) is 18.2 Å². The summed E-state index contributed by atoms with van der Waals surface area (Å²) in [5.74, 6) is 1.37. The van der Waals surface area contributed by atoms with Gasteiger partial charge >= 0.3 is 6.18 Å². The molecule has 2 aromatic carbocycles. The number of benzene rings is 2. The number of hydrogen-bond donors (Lipinski definition) is 2. The van der Waals surface area contributed by atoms with Crippen LogP contribution in [-0.4, -0.2) is 17.1 Å². The standard InChI is InChI=1S/C19H17F3N4O/c1-12-9-17(24-14-6-3-5-13(10-14)19(20,21)22)26-18(23-12)25-15-7-4-8-16(11-15)27-2/h3-11H,1-2H3,(H2,23,24,25,26). The number of methoxy groups -OCH3 is 1. The Kier molecular flexibility index (Phi) is 5.16. The van der Waals surface area contributed by atoms with Crippen LogP contribution in [0.5, 0.6) is 5.75 Å². The second kappa shape index (κ2) is 7.53. The minimum atomic E-state index is -4.40. The number of aromatic nitrogens is 2. The van der Waals surface area contributed by atoms with Crippen LogP contribution in [-0.2, 0) is 6.18 Å². The van der Waals surface area contributed by atoms with Crippen LogP contribution in [0.3, 0.4) is 0 Å². The highest BCUT2D eigenvalue weighted by atomic mass is 19.4. The molecule has 3 aromatic rings. The Morgan fingerprint density at radius 3 is 2.30 bits per heavy atom. The first-order valence-corrected chi connectivity index (χ1v) is 8.04. The molecular weight excluding hydrogens is 357 g/mol. The summed E-state index contributed by atoms with van der Waals surface area (Å²) in [4.78, 5) is 8.62. The maximum absolute atomic E-state index is 12.9. The zero-order chi connectivity index (χ0) is 19.4. The zero-order valence-electron chi connectivity index (χ0n) is 14.6. The van der Waals surface area contributed by atoms with E-state index < -0.39 is 11.7 Å². The molecule has 1 aromatic heterocycles. The molecule has 8 heteroatoms. The summed E-state index contributed by atoms with van der Waals surface area (Å²) in [6.45, 7) is 1.77. The molecule has 1 heterocycles. The summed E-state index contributed by atoms with van der Waals surface area (Å²) in [6, 6.07) is 13.8. The summed E-state index contributed by atoms with van der Waals surface area (Å²) in [5, 5.41) is 5.95. The summed E-state index contributed by atoms with van der Waals surface area (Å²) in [6.07, 6.45) is -4.40. The number of hydrogen-bond acceptors (Lipinski definition) is 5. The third-order valence-electron chi connectivity index (χ3n) is 3.64. The molecule has 0 bridgehead atoms. The maximum Gasteiger partial charge on any atom is 0.416 e. The summed E-state index contributed by atoms with van der Waals surface area (Å²) >= 11 is 0. The topological polar surface area (TPSA) is 59.1 Å². The number of halogens is 3. The molecule has 0 radical (unpaired) electrons. The summed E-state index contributed by atoms with van der Waals surface area (Å²) < 4.78 is 43.8. The number of anilines is 4. The summed E-state index contributed by atoms with van der Waals surface area (Å²) in [5.41, 5.74) is 0.943. The lowest BCUT2D eigenvalue weighted by Crippen LogP contribution is -2.06. The molecule has 0 aliphatic carbocycles. The monoisotopic (exact) mass is 374 g/mol. The first-order valence-electron chi connectivity index (χ1n) is 8.04. The Labute approximate surface area is 154 Å². The van der Waals surface area contributed by atoms with Crippen molar-refractivity contribution >= 4 is 23.1 Å². The Balaban J connectivity index is 1.83. The van der Waals surface area contributed by atoms with Gasteiger partial charge in [0.15, 0.2) is 0 Å². The highest BCUT2D eigenvalue weighted by Crippen LogP contribution is 2.31. The van der Waals surface area contributed by atoms with E-state index in [0.717, 1.165) is 17.8 Å². The van der Waals surface area contributed by atoms with E-state index in [1.165, 1.54) is 6.07 Å². The van der Waals surface area contributed by atoms with Gasteiger partial charge in [0.25, 0.3) is 0 Å². The van der Waals surface area contributed by atoms with Crippen LogP contribution in [0.25, 0.3) is 0 Å². The molecule has 3 rings (SSSR count). The van der Waals surface area contributed by atoms with Crippen LogP contribution >= 0.6 is 0 Å². The second-order valence-electron chi connectivity index (χ2n) is 5.78. The normalized spacial score (nSPS) is 11.1. The number of alkyl halides is 3. The fourth-order valence-electron chi connectivity index (χ4n) is 2.44. The van der Waals surface area contributed by atoms with Crippen LogP contribution in [0.15, 0.2) is 54.6 Å². The van der Waals surface area contributed by atoms with E-state index in [4.69, 9.17) is 4.74 Å². The van der Waals surface area contributed by atoms with Gasteiger partial charge in [-0.15, -0.1) is 0 Å². The molecule has 0 saturated carbocycles. The molecule has 0 aliphatic heterocycles. The number of nitrogens with zero attached hydrogens (tertiary/aromatic N) is 2. The first-order chi connectivity index (χ1) is 12.8. The molecule has 27 heavy (non-hydrogen) atoms. The van der Waals surface area contributed by atoms with Crippen molar-refractivity contribution in [2.45, 2.75) is 13.1 Å². The van der Waals surface area contributed by atoms with Crippen LogP contribution in [0.4, 0.5) is 36.3 Å². The van der Waals surface area contributed by atoms with Crippen molar-refractivity contribution in [2.24, 2.45) is 0 Å². The van der Waals surface area contributed by atoms with Crippen LogP contribution in [0.2, 0.25) is 0 Å². The molecule has 0 aliphatic rings. The molecule has 140 valence electrons. The Hall–Kier alpha value is -3.29. The van der Waals surface area contributed by atoms with E-state index in [1.807, 2.05) is 18.2 Å². The van der Waals surface area contributed by atoms with Crippen molar-refractivity contribution < 1.29 is 17.9 Å². The molecular formula is C19H17F3N4O. The van der Waals surface area contributed by atoms with Gasteiger partial charge in [0.2, 0.25) is 5.95 Å². The minimum absolute atomic E-state index is 0.287. The molecule has 0 unspecified atom stereocenters. The van der Waals surface area contributed by atoms with E-state index >= 15 is 0 Å². The predicted molar refractivity (Wildman–Crippen MR) is 97.8 cm³/mol. The average Bonchev–Trinajstić information content (AvgIpc) is 2.61. The lowest BCUT2D eigenvalue weighted by molar-refractivity contribution is -0.137. The molecule has 0 amide bonds. The van der Waals surface area contributed by atoms with E-state index in [2.05, 4.69) is 20.6 Å². The number of rotatable bonds is 5. The molecule has 0 saturated heterocycles. The van der Waals surface area contributed by atoms with Crippen molar-refractivity contribution in [2.75, 3.05) is 17.7 Å². The van der Waals surface area contributed by atoms with Gasteiger partial charge < -0.3 is 15.4 Å². The molecule has 0 spiro atoms. The lowest BCUT2D eigenvalue weighted by atomic mass is 10.2. The van der Waals surface area contributed by atoms with E-state index in [1.54, 1.807) is 32.2 Å². The van der Waals surface area contributed by atoms with Crippen molar-refractivity contribution in [3.8, 4) is 5.75 Å². The SMILES string of the molecule is COc1cccc(Nc2nc(C)cc(Nc3cccc(C(F)(F)F)c3)n2)c1. The number of nitrogens with one attached hydrogen (secondary N) is 2. The van der Waals surface area contributed by atoms with Crippen LogP contribution < -0.4 is 15.4 Å². The van der Waals surface area contributed by atoms with Gasteiger partial charge in [-0.3, -0.25) is 0 Å². The Morgan fingerprint density at radius 1 is 0.889 bits per heavy atom. The van der Waals surface area contributed by atoms with Crippen LogP contribution in [0.1, 0.15) is 11.3 Å². The van der Waals surface area contributed by atoms with Crippen molar-refractivity contribution in [3.05, 3.63) is 65.9 Å². The quantitative estimate of drug-likeness (QED) is 0.635. The number of aryl methyl sites for hydroxylation is 1.